The average molecular weight is 268 g/mol. The van der Waals surface area contributed by atoms with Crippen molar-refractivity contribution in [2.45, 2.75) is 0 Å². The molecule has 1 aromatic heterocycles. The molecule has 2 heteroatoms. The summed E-state index contributed by atoms with van der Waals surface area (Å²) >= 11 is 0. The van der Waals surface area contributed by atoms with Crippen LogP contribution < -0.4 is 4.90 Å². The molecule has 3 aromatic rings. The van der Waals surface area contributed by atoms with E-state index < -0.39 is 0 Å². The maximum atomic E-state index is 4.82. The van der Waals surface area contributed by atoms with Crippen LogP contribution in [0.25, 0.3) is 27.9 Å². The van der Waals surface area contributed by atoms with Crippen molar-refractivity contribution in [3.8, 4) is 0 Å². The number of anilines is 1. The molecule has 0 atom stereocenters. The van der Waals surface area contributed by atoms with Gasteiger partial charge in [0.2, 0.25) is 0 Å². The van der Waals surface area contributed by atoms with Crippen molar-refractivity contribution in [1.82, 2.24) is 4.98 Å². The van der Waals surface area contributed by atoms with E-state index in [9.17, 15) is 0 Å². The van der Waals surface area contributed by atoms with Gasteiger partial charge in [-0.2, -0.15) is 0 Å². The molecule has 0 aliphatic carbocycles. The molecule has 98 valence electrons. The zero-order valence-corrected chi connectivity index (χ0v) is 11.3. The molecule has 0 fully saturated rings. The third kappa shape index (κ3) is 1.39. The van der Waals surface area contributed by atoms with Crippen molar-refractivity contribution in [3.05, 3.63) is 78.2 Å². The fourth-order valence-corrected chi connectivity index (χ4v) is 3.25. The Hall–Kier alpha value is -2.87. The lowest BCUT2D eigenvalue weighted by atomic mass is 9.97. The third-order valence-electron chi connectivity index (χ3n) is 4.15. The van der Waals surface area contributed by atoms with E-state index in [1.807, 2.05) is 6.07 Å². The van der Waals surface area contributed by atoms with Gasteiger partial charge in [0.15, 0.2) is 0 Å². The second-order valence-electron chi connectivity index (χ2n) is 5.36. The molecular weight excluding hydrogens is 256 g/mol. The van der Waals surface area contributed by atoms with Crippen molar-refractivity contribution < 1.29 is 0 Å². The Bertz CT molecular complexity index is 993. The minimum absolute atomic E-state index is 1.04. The van der Waals surface area contributed by atoms with Crippen molar-refractivity contribution in [2.75, 3.05) is 4.90 Å². The van der Waals surface area contributed by atoms with Gasteiger partial charge in [-0.05, 0) is 35.9 Å². The average Bonchev–Trinajstić information content (AvgIpc) is 2.54. The fraction of sp³-hybridized carbons (Fsp3) is 0. The van der Waals surface area contributed by atoms with E-state index in [1.165, 1.54) is 27.7 Å². The summed E-state index contributed by atoms with van der Waals surface area (Å²) in [4.78, 5) is 7.08. The number of hydrogen-bond acceptors (Lipinski definition) is 2. The van der Waals surface area contributed by atoms with E-state index in [0.29, 0.717) is 0 Å². The molecule has 2 aliphatic heterocycles. The van der Waals surface area contributed by atoms with Crippen LogP contribution in [0.15, 0.2) is 72.6 Å². The van der Waals surface area contributed by atoms with E-state index >= 15 is 0 Å². The number of hydrogen-bond donors (Lipinski definition) is 0. The Labute approximate surface area is 122 Å². The molecule has 2 aliphatic rings. The maximum Gasteiger partial charge on any atom is 0.0736 e. The number of pyridine rings is 1. The lowest BCUT2D eigenvalue weighted by molar-refractivity contribution is 1.21. The number of nitrogens with zero attached hydrogens (tertiary/aromatic N) is 2. The van der Waals surface area contributed by atoms with Gasteiger partial charge in [0.25, 0.3) is 0 Å². The lowest BCUT2D eigenvalue weighted by Crippen LogP contribution is -2.19. The second-order valence-corrected chi connectivity index (χ2v) is 5.36. The third-order valence-corrected chi connectivity index (χ3v) is 4.15. The highest BCUT2D eigenvalue weighted by Crippen LogP contribution is 2.42. The molecule has 0 saturated heterocycles. The normalized spacial score (nSPS) is 15.4. The molecule has 2 nitrogen and oxygen atoms in total. The Morgan fingerprint density at radius 1 is 0.857 bits per heavy atom. The van der Waals surface area contributed by atoms with Gasteiger partial charge in [-0.15, -0.1) is 0 Å². The van der Waals surface area contributed by atoms with Crippen molar-refractivity contribution in [3.63, 3.8) is 0 Å². The first-order valence-electron chi connectivity index (χ1n) is 7.09. The largest absolute Gasteiger partial charge is 0.316 e. The predicted molar refractivity (Wildman–Crippen MR) is 88.0 cm³/mol. The van der Waals surface area contributed by atoms with Crippen LogP contribution >= 0.6 is 0 Å². The van der Waals surface area contributed by atoms with E-state index in [2.05, 4.69) is 71.8 Å². The number of aromatic nitrogens is 1. The Kier molecular flexibility index (Phi) is 1.98. The predicted octanol–water partition coefficient (Wildman–Crippen LogP) is 4.63. The summed E-state index contributed by atoms with van der Waals surface area (Å²) in [5.41, 5.74) is 5.78. The highest BCUT2D eigenvalue weighted by atomic mass is 15.1. The Balaban J connectivity index is 2.05. The number of benzene rings is 2. The molecular formula is C19H12N2. The van der Waals surface area contributed by atoms with E-state index in [-0.39, 0.29) is 0 Å². The van der Waals surface area contributed by atoms with Crippen molar-refractivity contribution >= 4 is 33.6 Å². The maximum absolute atomic E-state index is 4.82. The highest BCUT2D eigenvalue weighted by Gasteiger charge is 2.22. The summed E-state index contributed by atoms with van der Waals surface area (Å²) < 4.78 is 0. The van der Waals surface area contributed by atoms with Crippen LogP contribution in [-0.4, -0.2) is 4.98 Å². The van der Waals surface area contributed by atoms with E-state index in [0.717, 1.165) is 11.0 Å². The van der Waals surface area contributed by atoms with Crippen molar-refractivity contribution in [2.24, 2.45) is 0 Å². The quantitative estimate of drug-likeness (QED) is 0.552. The SMILES string of the molecule is C1=CC2=Cc3cccc4nc5ccccc5c(c34)N2C=C1. The molecule has 5 rings (SSSR count). The molecule has 2 aromatic carbocycles. The molecule has 0 spiro atoms. The van der Waals surface area contributed by atoms with Crippen LogP contribution in [0.3, 0.4) is 0 Å². The van der Waals surface area contributed by atoms with Crippen LogP contribution in [0.2, 0.25) is 0 Å². The van der Waals surface area contributed by atoms with Crippen LogP contribution in [0.5, 0.6) is 0 Å². The van der Waals surface area contributed by atoms with Crippen molar-refractivity contribution in [1.29, 1.82) is 0 Å². The lowest BCUT2D eigenvalue weighted by Gasteiger charge is -2.30. The number of allylic oxidation sites excluding steroid dienone is 3. The van der Waals surface area contributed by atoms with Gasteiger partial charge in [0.1, 0.15) is 0 Å². The number of rotatable bonds is 0. The number of fused-ring (bicyclic) bond motifs is 4. The topological polar surface area (TPSA) is 16.1 Å². The van der Waals surface area contributed by atoms with Gasteiger partial charge < -0.3 is 4.90 Å². The summed E-state index contributed by atoms with van der Waals surface area (Å²) in [5.74, 6) is 0. The van der Waals surface area contributed by atoms with Crippen LogP contribution in [0, 0.1) is 0 Å². The Morgan fingerprint density at radius 3 is 2.76 bits per heavy atom. The second kappa shape index (κ2) is 3.83. The zero-order chi connectivity index (χ0) is 13.8. The standard InChI is InChI=1S/C19H12N2/c1-2-9-16-15(8-1)19-18-13(6-5-10-17(18)20-16)12-14-7-3-4-11-21(14)19/h1-12H. The minimum Gasteiger partial charge on any atom is -0.316 e. The molecule has 0 bridgehead atoms. The molecule has 0 saturated carbocycles. The summed E-state index contributed by atoms with van der Waals surface area (Å²) in [5, 5.41) is 2.43. The van der Waals surface area contributed by atoms with Gasteiger partial charge in [-0.3, -0.25) is 0 Å². The smallest absolute Gasteiger partial charge is 0.0736 e. The summed E-state index contributed by atoms with van der Waals surface area (Å²) in [6, 6.07) is 14.7. The molecule has 0 radical (unpaired) electrons. The van der Waals surface area contributed by atoms with Gasteiger partial charge >= 0.3 is 0 Å². The Morgan fingerprint density at radius 2 is 1.76 bits per heavy atom. The number of para-hydroxylation sites is 1. The molecule has 0 unspecified atom stereocenters. The fourth-order valence-electron chi connectivity index (χ4n) is 3.25. The first-order chi connectivity index (χ1) is 10.4. The van der Waals surface area contributed by atoms with Gasteiger partial charge in [0, 0.05) is 22.7 Å². The summed E-state index contributed by atoms with van der Waals surface area (Å²) in [6.45, 7) is 0. The first kappa shape index (κ1) is 10.9. The van der Waals surface area contributed by atoms with Gasteiger partial charge in [-0.25, -0.2) is 4.98 Å². The van der Waals surface area contributed by atoms with Crippen LogP contribution in [0.4, 0.5) is 5.69 Å². The van der Waals surface area contributed by atoms with Crippen LogP contribution in [0.1, 0.15) is 5.56 Å². The van der Waals surface area contributed by atoms with Crippen LogP contribution in [-0.2, 0) is 0 Å². The molecule has 0 amide bonds. The molecule has 21 heavy (non-hydrogen) atoms. The highest BCUT2D eigenvalue weighted by molar-refractivity contribution is 6.14. The van der Waals surface area contributed by atoms with Gasteiger partial charge in [-0.1, -0.05) is 36.4 Å². The molecule has 3 heterocycles. The molecule has 0 N–H and O–H groups in total. The van der Waals surface area contributed by atoms with E-state index in [4.69, 9.17) is 4.98 Å². The first-order valence-corrected chi connectivity index (χ1v) is 7.09. The van der Waals surface area contributed by atoms with Gasteiger partial charge in [0.05, 0.1) is 16.7 Å². The zero-order valence-electron chi connectivity index (χ0n) is 11.3. The monoisotopic (exact) mass is 268 g/mol. The minimum atomic E-state index is 1.04. The summed E-state index contributed by atoms with van der Waals surface area (Å²) in [6.07, 6.45) is 10.7. The van der Waals surface area contributed by atoms with E-state index in [1.54, 1.807) is 0 Å². The summed E-state index contributed by atoms with van der Waals surface area (Å²) in [7, 11) is 0.